The third-order valence-corrected chi connectivity index (χ3v) is 4.41. The number of Topliss-reactive ketones (excluding diaryl/α,β-unsaturated/α-hetero) is 1. The second-order valence-corrected chi connectivity index (χ2v) is 6.41. The summed E-state index contributed by atoms with van der Waals surface area (Å²) in [4.78, 5) is 11.2. The highest BCUT2D eigenvalue weighted by molar-refractivity contribution is 7.92. The number of sulfonamides is 1. The first-order valence-corrected chi connectivity index (χ1v) is 7.74. The summed E-state index contributed by atoms with van der Waals surface area (Å²) in [6.45, 7) is 1.34. The number of ketones is 1. The van der Waals surface area contributed by atoms with Gasteiger partial charge in [-0.25, -0.2) is 12.8 Å². The number of hydrogen-bond donors (Lipinski definition) is 1. The Labute approximate surface area is 126 Å². The van der Waals surface area contributed by atoms with Gasteiger partial charge in [0, 0.05) is 5.56 Å². The van der Waals surface area contributed by atoms with Crippen LogP contribution in [0.15, 0.2) is 47.4 Å². The van der Waals surface area contributed by atoms with Gasteiger partial charge < -0.3 is 0 Å². The van der Waals surface area contributed by atoms with E-state index in [0.717, 1.165) is 6.07 Å². The van der Waals surface area contributed by atoms with Gasteiger partial charge >= 0.3 is 0 Å². The zero-order chi connectivity index (χ0) is 15.6. The Morgan fingerprint density at radius 3 is 2.52 bits per heavy atom. The van der Waals surface area contributed by atoms with Crippen LogP contribution < -0.4 is 4.72 Å². The molecule has 2 aromatic carbocycles. The summed E-state index contributed by atoms with van der Waals surface area (Å²) in [5.41, 5.74) is 0.324. The Morgan fingerprint density at radius 2 is 1.90 bits per heavy atom. The molecule has 0 aliphatic heterocycles. The molecule has 0 fully saturated rings. The summed E-state index contributed by atoms with van der Waals surface area (Å²) in [7, 11) is -3.91. The summed E-state index contributed by atoms with van der Waals surface area (Å²) < 4.78 is 39.9. The van der Waals surface area contributed by atoms with E-state index in [1.54, 1.807) is 0 Å². The van der Waals surface area contributed by atoms with E-state index in [1.807, 2.05) is 0 Å². The minimum absolute atomic E-state index is 0.0464. The fourth-order valence-electron chi connectivity index (χ4n) is 1.66. The topological polar surface area (TPSA) is 63.2 Å². The average molecular weight is 328 g/mol. The molecule has 0 atom stereocenters. The van der Waals surface area contributed by atoms with E-state index in [0.29, 0.717) is 0 Å². The Hall–Kier alpha value is -1.92. The van der Waals surface area contributed by atoms with Crippen LogP contribution in [0.2, 0.25) is 5.02 Å². The largest absolute Gasteiger partial charge is 0.295 e. The van der Waals surface area contributed by atoms with Crippen molar-refractivity contribution in [3.05, 3.63) is 58.9 Å². The molecule has 21 heavy (non-hydrogen) atoms. The molecule has 110 valence electrons. The van der Waals surface area contributed by atoms with Gasteiger partial charge in [-0.05, 0) is 37.3 Å². The van der Waals surface area contributed by atoms with Crippen molar-refractivity contribution in [1.29, 1.82) is 0 Å². The van der Waals surface area contributed by atoms with E-state index in [2.05, 4.69) is 4.72 Å². The molecule has 0 spiro atoms. The standard InChI is InChI=1S/C14H11ClFNO3S/c1-9(18)10-3-2-4-12(7-10)21(19,20)17-11-5-6-13(15)14(16)8-11/h2-8,17H,1H3. The van der Waals surface area contributed by atoms with Gasteiger partial charge in [-0.1, -0.05) is 23.7 Å². The van der Waals surface area contributed by atoms with Crippen LogP contribution in [0.1, 0.15) is 17.3 Å². The monoisotopic (exact) mass is 327 g/mol. The first-order chi connectivity index (χ1) is 9.79. The van der Waals surface area contributed by atoms with Gasteiger partial charge in [-0.3, -0.25) is 9.52 Å². The molecule has 2 aromatic rings. The third kappa shape index (κ3) is 3.59. The SMILES string of the molecule is CC(=O)c1cccc(S(=O)(=O)Nc2ccc(Cl)c(F)c2)c1. The van der Waals surface area contributed by atoms with Crippen molar-refractivity contribution in [3.8, 4) is 0 Å². The molecule has 0 heterocycles. The first kappa shape index (κ1) is 15.5. The predicted molar refractivity (Wildman–Crippen MR) is 78.7 cm³/mol. The molecule has 0 saturated carbocycles. The van der Waals surface area contributed by atoms with Crippen LogP contribution in [-0.2, 0) is 10.0 Å². The quantitative estimate of drug-likeness (QED) is 0.874. The number of nitrogens with one attached hydrogen (secondary N) is 1. The summed E-state index contributed by atoms with van der Waals surface area (Å²) in [5.74, 6) is -0.973. The van der Waals surface area contributed by atoms with Crippen LogP contribution in [0.5, 0.6) is 0 Å². The van der Waals surface area contributed by atoms with Crippen molar-refractivity contribution in [3.63, 3.8) is 0 Å². The number of anilines is 1. The molecule has 0 unspecified atom stereocenters. The van der Waals surface area contributed by atoms with E-state index in [-0.39, 0.29) is 27.0 Å². The number of halogens is 2. The van der Waals surface area contributed by atoms with Gasteiger partial charge in [0.05, 0.1) is 15.6 Å². The summed E-state index contributed by atoms with van der Waals surface area (Å²) in [5, 5.41) is -0.100. The van der Waals surface area contributed by atoms with E-state index in [9.17, 15) is 17.6 Å². The second-order valence-electron chi connectivity index (χ2n) is 4.32. The minimum Gasteiger partial charge on any atom is -0.295 e. The van der Waals surface area contributed by atoms with E-state index < -0.39 is 15.8 Å². The van der Waals surface area contributed by atoms with Gasteiger partial charge in [0.15, 0.2) is 5.78 Å². The van der Waals surface area contributed by atoms with Gasteiger partial charge in [-0.15, -0.1) is 0 Å². The van der Waals surface area contributed by atoms with Gasteiger partial charge in [0.2, 0.25) is 0 Å². The zero-order valence-electron chi connectivity index (χ0n) is 10.9. The highest BCUT2D eigenvalue weighted by atomic mass is 35.5. The molecule has 4 nitrogen and oxygen atoms in total. The maximum atomic E-state index is 13.3. The number of rotatable bonds is 4. The second kappa shape index (κ2) is 5.83. The van der Waals surface area contributed by atoms with Crippen LogP contribution >= 0.6 is 11.6 Å². The predicted octanol–water partition coefficient (Wildman–Crippen LogP) is 3.48. The molecule has 7 heteroatoms. The van der Waals surface area contributed by atoms with Gasteiger partial charge in [0.1, 0.15) is 5.82 Å². The Morgan fingerprint density at radius 1 is 1.19 bits per heavy atom. The summed E-state index contributed by atoms with van der Waals surface area (Å²) >= 11 is 5.53. The molecule has 0 saturated heterocycles. The number of carbonyl (C=O) groups is 1. The molecule has 0 radical (unpaired) electrons. The Bertz CT molecular complexity index is 806. The lowest BCUT2D eigenvalue weighted by Crippen LogP contribution is -2.13. The Kier molecular flexibility index (Phi) is 4.29. The highest BCUT2D eigenvalue weighted by Crippen LogP contribution is 2.22. The summed E-state index contributed by atoms with van der Waals surface area (Å²) in [6, 6.07) is 9.17. The van der Waals surface area contributed by atoms with Crippen LogP contribution in [0.25, 0.3) is 0 Å². The van der Waals surface area contributed by atoms with Crippen LogP contribution in [0.4, 0.5) is 10.1 Å². The average Bonchev–Trinajstić information content (AvgIpc) is 2.43. The molecule has 2 rings (SSSR count). The third-order valence-electron chi connectivity index (χ3n) is 2.72. The van der Waals surface area contributed by atoms with Crippen LogP contribution in [0, 0.1) is 5.82 Å². The minimum atomic E-state index is -3.91. The molecule has 0 aromatic heterocycles. The lowest BCUT2D eigenvalue weighted by Gasteiger charge is -2.09. The zero-order valence-corrected chi connectivity index (χ0v) is 12.5. The number of benzene rings is 2. The van der Waals surface area contributed by atoms with Crippen LogP contribution in [-0.4, -0.2) is 14.2 Å². The normalized spacial score (nSPS) is 11.2. The van der Waals surface area contributed by atoms with Crippen molar-refractivity contribution < 1.29 is 17.6 Å². The molecule has 1 N–H and O–H groups in total. The summed E-state index contributed by atoms with van der Waals surface area (Å²) in [6.07, 6.45) is 0. The molecule has 0 aliphatic rings. The maximum absolute atomic E-state index is 13.3. The van der Waals surface area contributed by atoms with Crippen molar-refractivity contribution in [2.75, 3.05) is 4.72 Å². The fourth-order valence-corrected chi connectivity index (χ4v) is 2.87. The van der Waals surface area contributed by atoms with Crippen molar-refractivity contribution in [2.45, 2.75) is 11.8 Å². The lowest BCUT2D eigenvalue weighted by atomic mass is 10.2. The van der Waals surface area contributed by atoms with E-state index in [1.165, 1.54) is 43.3 Å². The molecule has 0 bridgehead atoms. The van der Waals surface area contributed by atoms with E-state index >= 15 is 0 Å². The molecule has 0 aliphatic carbocycles. The maximum Gasteiger partial charge on any atom is 0.261 e. The molecule has 0 amide bonds. The smallest absolute Gasteiger partial charge is 0.261 e. The van der Waals surface area contributed by atoms with Gasteiger partial charge in [0.25, 0.3) is 10.0 Å². The van der Waals surface area contributed by atoms with E-state index in [4.69, 9.17) is 11.6 Å². The number of hydrogen-bond acceptors (Lipinski definition) is 3. The van der Waals surface area contributed by atoms with Crippen LogP contribution in [0.3, 0.4) is 0 Å². The first-order valence-electron chi connectivity index (χ1n) is 5.88. The molecular formula is C14H11ClFNO3S. The number of carbonyl (C=O) groups excluding carboxylic acids is 1. The highest BCUT2D eigenvalue weighted by Gasteiger charge is 2.16. The Balaban J connectivity index is 2.36. The van der Waals surface area contributed by atoms with Crippen molar-refractivity contribution in [2.24, 2.45) is 0 Å². The van der Waals surface area contributed by atoms with Crippen molar-refractivity contribution in [1.82, 2.24) is 0 Å². The molecular weight excluding hydrogens is 317 g/mol. The van der Waals surface area contributed by atoms with Gasteiger partial charge in [-0.2, -0.15) is 0 Å². The van der Waals surface area contributed by atoms with Crippen molar-refractivity contribution >= 4 is 33.1 Å². The fraction of sp³-hybridized carbons (Fsp3) is 0.0714. The lowest BCUT2D eigenvalue weighted by molar-refractivity contribution is 0.101.